The van der Waals surface area contributed by atoms with Crippen molar-refractivity contribution in [1.82, 2.24) is 19.5 Å². The summed E-state index contributed by atoms with van der Waals surface area (Å²) < 4.78 is 46.4. The van der Waals surface area contributed by atoms with Gasteiger partial charge in [0.05, 0.1) is 30.4 Å². The third-order valence-electron chi connectivity index (χ3n) is 6.74. The van der Waals surface area contributed by atoms with Crippen LogP contribution < -0.4 is 5.32 Å². The number of imidazole rings is 1. The predicted octanol–water partition coefficient (Wildman–Crippen LogP) is 5.34. The first-order valence-corrected chi connectivity index (χ1v) is 12.8. The Morgan fingerprint density at radius 1 is 1.03 bits per heavy atom. The second-order valence-corrected chi connectivity index (χ2v) is 9.41. The minimum Gasteiger partial charge on any atom is -0.376 e. The molecule has 1 N–H and O–H groups in total. The van der Waals surface area contributed by atoms with E-state index in [9.17, 15) is 8.78 Å². The van der Waals surface area contributed by atoms with Crippen LogP contribution in [0.3, 0.4) is 0 Å². The molecular formula is C26H33F2N5O3. The van der Waals surface area contributed by atoms with E-state index in [1.807, 2.05) is 0 Å². The lowest BCUT2D eigenvalue weighted by molar-refractivity contribution is -0.172. The number of ether oxygens (including phenoxy) is 3. The number of fused-ring (bicyclic) bond motifs is 1. The summed E-state index contributed by atoms with van der Waals surface area (Å²) in [6.45, 7) is 3.67. The number of hydrogen-bond donors (Lipinski definition) is 1. The lowest BCUT2D eigenvalue weighted by Crippen LogP contribution is -2.31. The molecule has 2 aromatic heterocycles. The first-order chi connectivity index (χ1) is 17.6. The van der Waals surface area contributed by atoms with E-state index in [1.165, 1.54) is 4.57 Å². The van der Waals surface area contributed by atoms with Crippen LogP contribution in [0.15, 0.2) is 30.3 Å². The van der Waals surface area contributed by atoms with Gasteiger partial charge in [-0.25, -0.2) is 23.7 Å². The third-order valence-corrected chi connectivity index (χ3v) is 6.74. The van der Waals surface area contributed by atoms with E-state index < -0.39 is 6.43 Å². The summed E-state index contributed by atoms with van der Waals surface area (Å²) >= 11 is 0. The second kappa shape index (κ2) is 11.6. The monoisotopic (exact) mass is 501 g/mol. The number of hydrogen-bond acceptors (Lipinski definition) is 7. The smallest absolute Gasteiger partial charge is 0.296 e. The highest BCUT2D eigenvalue weighted by Crippen LogP contribution is 2.29. The number of aryl methyl sites for hydroxylation is 1. The minimum absolute atomic E-state index is 0.0828. The normalized spacial score (nSPS) is 22.8. The molecule has 3 aromatic rings. The maximum atomic E-state index is 13.8. The summed E-state index contributed by atoms with van der Waals surface area (Å²) in [5.74, 6) is 1.19. The fraction of sp³-hybridized carbons (Fsp3) is 0.577. The van der Waals surface area contributed by atoms with E-state index in [-0.39, 0.29) is 24.3 Å². The molecule has 1 aromatic carbocycles. The zero-order valence-electron chi connectivity index (χ0n) is 20.5. The van der Waals surface area contributed by atoms with E-state index in [0.29, 0.717) is 41.7 Å². The highest BCUT2D eigenvalue weighted by Gasteiger charge is 2.24. The number of benzene rings is 1. The van der Waals surface area contributed by atoms with Gasteiger partial charge < -0.3 is 19.5 Å². The lowest BCUT2D eigenvalue weighted by atomic mass is 9.93. The number of aromatic nitrogens is 4. The topological polar surface area (TPSA) is 83.3 Å². The van der Waals surface area contributed by atoms with E-state index >= 15 is 0 Å². The third kappa shape index (κ3) is 5.99. The quantitative estimate of drug-likeness (QED) is 0.396. The van der Waals surface area contributed by atoms with Crippen molar-refractivity contribution in [3.63, 3.8) is 0 Å². The zero-order chi connectivity index (χ0) is 24.9. The van der Waals surface area contributed by atoms with Gasteiger partial charge in [0.1, 0.15) is 17.5 Å². The van der Waals surface area contributed by atoms with Crippen molar-refractivity contribution in [2.24, 2.45) is 0 Å². The van der Waals surface area contributed by atoms with Crippen LogP contribution in [-0.2, 0) is 14.2 Å². The highest BCUT2D eigenvalue weighted by atomic mass is 19.3. The van der Waals surface area contributed by atoms with Crippen LogP contribution >= 0.6 is 0 Å². The van der Waals surface area contributed by atoms with Crippen molar-refractivity contribution >= 4 is 16.9 Å². The predicted molar refractivity (Wildman–Crippen MR) is 132 cm³/mol. The molecule has 0 bridgehead atoms. The minimum atomic E-state index is -2.72. The fourth-order valence-electron chi connectivity index (χ4n) is 4.99. The van der Waals surface area contributed by atoms with Crippen LogP contribution in [0.5, 0.6) is 0 Å². The van der Waals surface area contributed by atoms with Gasteiger partial charge in [-0.2, -0.15) is 0 Å². The van der Waals surface area contributed by atoms with Gasteiger partial charge in [-0.3, -0.25) is 4.57 Å². The summed E-state index contributed by atoms with van der Waals surface area (Å²) in [4.78, 5) is 13.1. The van der Waals surface area contributed by atoms with Crippen LogP contribution in [0.2, 0.25) is 0 Å². The second-order valence-electron chi connectivity index (χ2n) is 9.41. The van der Waals surface area contributed by atoms with Gasteiger partial charge in [-0.15, -0.1) is 0 Å². The average Bonchev–Trinajstić information content (AvgIpc) is 3.28. The number of alkyl halides is 2. The molecule has 3 heterocycles. The molecule has 1 aliphatic carbocycles. The first kappa shape index (κ1) is 25.0. The SMILES string of the molecule is Cc1nc(NC2CCC(OCCOC3CCCCO3)CC2)cc(-n2c(C(F)F)nc3ccccc32)n1. The maximum absolute atomic E-state index is 13.8. The Balaban J connectivity index is 1.18. The molecule has 10 heteroatoms. The van der Waals surface area contributed by atoms with Crippen molar-refractivity contribution in [3.05, 3.63) is 42.0 Å². The average molecular weight is 502 g/mol. The Kier molecular flexibility index (Phi) is 8.03. The van der Waals surface area contributed by atoms with Crippen molar-refractivity contribution in [3.8, 4) is 5.82 Å². The summed E-state index contributed by atoms with van der Waals surface area (Å²) in [6, 6.07) is 9.03. The summed E-state index contributed by atoms with van der Waals surface area (Å²) in [5.41, 5.74) is 1.10. The van der Waals surface area contributed by atoms with E-state index in [2.05, 4.69) is 20.3 Å². The lowest BCUT2D eigenvalue weighted by Gasteiger charge is -2.30. The summed E-state index contributed by atoms with van der Waals surface area (Å²) in [5, 5.41) is 3.48. The molecule has 194 valence electrons. The van der Waals surface area contributed by atoms with Gasteiger partial charge >= 0.3 is 0 Å². The Morgan fingerprint density at radius 3 is 2.61 bits per heavy atom. The van der Waals surface area contributed by atoms with Gasteiger partial charge in [0.15, 0.2) is 12.1 Å². The van der Waals surface area contributed by atoms with E-state index in [0.717, 1.165) is 51.6 Å². The number of para-hydroxylation sites is 2. The molecule has 1 aliphatic heterocycles. The van der Waals surface area contributed by atoms with Gasteiger partial charge in [0.2, 0.25) is 0 Å². The first-order valence-electron chi connectivity index (χ1n) is 12.8. The number of nitrogens with one attached hydrogen (secondary N) is 1. The largest absolute Gasteiger partial charge is 0.376 e. The number of halogens is 2. The molecule has 5 rings (SSSR count). The molecule has 0 radical (unpaired) electrons. The van der Waals surface area contributed by atoms with Crippen LogP contribution in [0.4, 0.5) is 14.6 Å². The molecule has 1 saturated carbocycles. The molecule has 1 atom stereocenters. The summed E-state index contributed by atoms with van der Waals surface area (Å²) in [6.07, 6.45) is 4.39. The fourth-order valence-corrected chi connectivity index (χ4v) is 4.99. The molecule has 2 aliphatic rings. The van der Waals surface area contributed by atoms with Crippen LogP contribution in [0.25, 0.3) is 16.9 Å². The van der Waals surface area contributed by atoms with E-state index in [4.69, 9.17) is 14.2 Å². The van der Waals surface area contributed by atoms with Crippen LogP contribution in [0, 0.1) is 6.92 Å². The molecule has 0 amide bonds. The summed E-state index contributed by atoms with van der Waals surface area (Å²) in [7, 11) is 0. The van der Waals surface area contributed by atoms with Gasteiger partial charge in [0, 0.05) is 18.7 Å². The molecule has 36 heavy (non-hydrogen) atoms. The van der Waals surface area contributed by atoms with Crippen LogP contribution in [0.1, 0.15) is 63.0 Å². The van der Waals surface area contributed by atoms with Crippen molar-refractivity contribution < 1.29 is 23.0 Å². The molecule has 1 unspecified atom stereocenters. The Bertz CT molecular complexity index is 1140. The highest BCUT2D eigenvalue weighted by molar-refractivity contribution is 5.78. The number of rotatable bonds is 9. The van der Waals surface area contributed by atoms with Crippen LogP contribution in [-0.4, -0.2) is 57.8 Å². The number of nitrogens with zero attached hydrogens (tertiary/aromatic N) is 4. The molecule has 1 saturated heterocycles. The van der Waals surface area contributed by atoms with Gasteiger partial charge in [0.25, 0.3) is 6.43 Å². The number of anilines is 1. The van der Waals surface area contributed by atoms with Crippen molar-refractivity contribution in [2.45, 2.75) is 76.7 Å². The van der Waals surface area contributed by atoms with Crippen molar-refractivity contribution in [1.29, 1.82) is 0 Å². The molecule has 0 spiro atoms. The Labute approximate surface area is 209 Å². The molecular weight excluding hydrogens is 468 g/mol. The maximum Gasteiger partial charge on any atom is 0.296 e. The Hall–Kier alpha value is -2.69. The standard InChI is InChI=1S/C26H33F2N5O3/c1-17-29-22(16-23(30-17)33-21-7-3-2-6-20(21)32-26(33)25(27)28)31-18-9-11-19(12-10-18)34-14-15-36-24-8-4-5-13-35-24/h2-3,6-7,16,18-19,24-25H,4-5,8-15H2,1H3,(H,29,30,31). The van der Waals surface area contributed by atoms with Gasteiger partial charge in [-0.1, -0.05) is 12.1 Å². The molecule has 8 nitrogen and oxygen atoms in total. The molecule has 2 fully saturated rings. The van der Waals surface area contributed by atoms with E-state index in [1.54, 1.807) is 37.3 Å². The zero-order valence-corrected chi connectivity index (χ0v) is 20.5. The van der Waals surface area contributed by atoms with Gasteiger partial charge in [-0.05, 0) is 64.0 Å². The Morgan fingerprint density at radius 2 is 1.83 bits per heavy atom. The van der Waals surface area contributed by atoms with Crippen molar-refractivity contribution in [2.75, 3.05) is 25.1 Å².